The standard InChI is InChI=1S/C11H22O2/c1-2-5-10-9(8-12)6-3-4-7-11(10)13/h9-13H,2-8H2,1H3. The van der Waals surface area contributed by atoms with Crippen molar-refractivity contribution in [3.8, 4) is 0 Å². The summed E-state index contributed by atoms with van der Waals surface area (Å²) >= 11 is 0. The topological polar surface area (TPSA) is 40.5 Å². The molecule has 0 heterocycles. The molecule has 0 saturated heterocycles. The molecule has 13 heavy (non-hydrogen) atoms. The van der Waals surface area contributed by atoms with Gasteiger partial charge in [0.25, 0.3) is 0 Å². The van der Waals surface area contributed by atoms with Gasteiger partial charge in [-0.05, 0) is 31.1 Å². The van der Waals surface area contributed by atoms with E-state index >= 15 is 0 Å². The van der Waals surface area contributed by atoms with Crippen LogP contribution in [0.4, 0.5) is 0 Å². The Bertz CT molecular complexity index is 136. The van der Waals surface area contributed by atoms with Crippen LogP contribution < -0.4 is 0 Å². The summed E-state index contributed by atoms with van der Waals surface area (Å²) in [7, 11) is 0. The minimum Gasteiger partial charge on any atom is -0.396 e. The molecule has 1 aliphatic rings. The van der Waals surface area contributed by atoms with E-state index in [1.54, 1.807) is 0 Å². The van der Waals surface area contributed by atoms with Gasteiger partial charge >= 0.3 is 0 Å². The maximum absolute atomic E-state index is 9.87. The lowest BCUT2D eigenvalue weighted by Crippen LogP contribution is -2.28. The first kappa shape index (κ1) is 11.0. The van der Waals surface area contributed by atoms with E-state index in [0.29, 0.717) is 11.8 Å². The summed E-state index contributed by atoms with van der Waals surface area (Å²) in [5, 5.41) is 19.1. The van der Waals surface area contributed by atoms with E-state index in [2.05, 4.69) is 6.92 Å². The van der Waals surface area contributed by atoms with Gasteiger partial charge in [0, 0.05) is 6.61 Å². The maximum Gasteiger partial charge on any atom is 0.0571 e. The average Bonchev–Trinajstić information content (AvgIpc) is 2.30. The van der Waals surface area contributed by atoms with E-state index in [9.17, 15) is 10.2 Å². The molecule has 1 fully saturated rings. The van der Waals surface area contributed by atoms with Gasteiger partial charge < -0.3 is 10.2 Å². The first-order chi connectivity index (χ1) is 6.29. The lowest BCUT2D eigenvalue weighted by atomic mass is 9.83. The van der Waals surface area contributed by atoms with Crippen molar-refractivity contribution in [3.05, 3.63) is 0 Å². The fraction of sp³-hybridized carbons (Fsp3) is 1.00. The second-order valence-corrected chi connectivity index (χ2v) is 4.25. The summed E-state index contributed by atoms with van der Waals surface area (Å²) in [6.07, 6.45) is 6.32. The van der Waals surface area contributed by atoms with E-state index in [1.165, 1.54) is 6.42 Å². The Morgan fingerprint density at radius 1 is 1.23 bits per heavy atom. The van der Waals surface area contributed by atoms with Crippen molar-refractivity contribution in [2.75, 3.05) is 6.61 Å². The molecule has 78 valence electrons. The molecular formula is C11H22O2. The molecule has 2 nitrogen and oxygen atoms in total. The van der Waals surface area contributed by atoms with Crippen molar-refractivity contribution >= 4 is 0 Å². The smallest absolute Gasteiger partial charge is 0.0571 e. The Kier molecular flexibility index (Phi) is 4.74. The minimum atomic E-state index is -0.167. The first-order valence-electron chi connectivity index (χ1n) is 5.58. The summed E-state index contributed by atoms with van der Waals surface area (Å²) < 4.78 is 0. The number of rotatable bonds is 3. The molecule has 3 unspecified atom stereocenters. The largest absolute Gasteiger partial charge is 0.396 e. The minimum absolute atomic E-state index is 0.167. The highest BCUT2D eigenvalue weighted by Gasteiger charge is 2.28. The molecule has 0 aromatic carbocycles. The van der Waals surface area contributed by atoms with Gasteiger partial charge in [-0.2, -0.15) is 0 Å². The summed E-state index contributed by atoms with van der Waals surface area (Å²) in [5.74, 6) is 0.690. The molecule has 1 saturated carbocycles. The first-order valence-corrected chi connectivity index (χ1v) is 5.58. The predicted molar refractivity (Wildman–Crippen MR) is 53.4 cm³/mol. The maximum atomic E-state index is 9.87. The van der Waals surface area contributed by atoms with E-state index in [-0.39, 0.29) is 12.7 Å². The van der Waals surface area contributed by atoms with Crippen LogP contribution in [0.2, 0.25) is 0 Å². The molecular weight excluding hydrogens is 164 g/mol. The van der Waals surface area contributed by atoms with Crippen molar-refractivity contribution in [1.29, 1.82) is 0 Å². The van der Waals surface area contributed by atoms with Crippen molar-refractivity contribution in [2.45, 2.75) is 51.6 Å². The molecule has 1 rings (SSSR count). The third-order valence-corrected chi connectivity index (χ3v) is 3.28. The molecule has 0 spiro atoms. The fourth-order valence-electron chi connectivity index (χ4n) is 2.49. The zero-order chi connectivity index (χ0) is 9.68. The number of hydrogen-bond donors (Lipinski definition) is 2. The second kappa shape index (κ2) is 5.61. The molecule has 2 N–H and O–H groups in total. The van der Waals surface area contributed by atoms with Gasteiger partial charge in [0.1, 0.15) is 0 Å². The molecule has 2 heteroatoms. The van der Waals surface area contributed by atoms with Crippen LogP contribution in [0.5, 0.6) is 0 Å². The molecule has 0 amide bonds. The van der Waals surface area contributed by atoms with E-state index < -0.39 is 0 Å². The quantitative estimate of drug-likeness (QED) is 0.661. The predicted octanol–water partition coefficient (Wildman–Crippen LogP) is 1.95. The van der Waals surface area contributed by atoms with Gasteiger partial charge in [-0.25, -0.2) is 0 Å². The van der Waals surface area contributed by atoms with Crippen molar-refractivity contribution in [2.24, 2.45) is 11.8 Å². The van der Waals surface area contributed by atoms with Crippen LogP contribution in [0, 0.1) is 11.8 Å². The molecule has 0 aromatic rings. The fourth-order valence-corrected chi connectivity index (χ4v) is 2.49. The molecule has 3 atom stereocenters. The highest BCUT2D eigenvalue weighted by molar-refractivity contribution is 4.79. The lowest BCUT2D eigenvalue weighted by molar-refractivity contribution is 0.0455. The number of hydrogen-bond acceptors (Lipinski definition) is 2. The Labute approximate surface area is 81.0 Å². The highest BCUT2D eigenvalue weighted by atomic mass is 16.3. The Morgan fingerprint density at radius 3 is 2.54 bits per heavy atom. The molecule has 0 bridgehead atoms. The van der Waals surface area contributed by atoms with Crippen molar-refractivity contribution < 1.29 is 10.2 Å². The second-order valence-electron chi connectivity index (χ2n) is 4.25. The Balaban J connectivity index is 2.55. The lowest BCUT2D eigenvalue weighted by Gasteiger charge is -2.26. The molecule has 0 radical (unpaired) electrons. The molecule has 0 aromatic heterocycles. The van der Waals surface area contributed by atoms with Crippen molar-refractivity contribution in [1.82, 2.24) is 0 Å². The Morgan fingerprint density at radius 2 is 1.92 bits per heavy atom. The summed E-state index contributed by atoms with van der Waals surface area (Å²) in [6, 6.07) is 0. The Hall–Kier alpha value is -0.0800. The summed E-state index contributed by atoms with van der Waals surface area (Å²) in [5.41, 5.74) is 0. The third kappa shape index (κ3) is 2.96. The van der Waals surface area contributed by atoms with Crippen molar-refractivity contribution in [3.63, 3.8) is 0 Å². The SMILES string of the molecule is CCCC1C(O)CCCCC1CO. The number of aliphatic hydroxyl groups is 2. The van der Waals surface area contributed by atoms with Crippen LogP contribution in [-0.4, -0.2) is 22.9 Å². The van der Waals surface area contributed by atoms with E-state index in [1.807, 2.05) is 0 Å². The van der Waals surface area contributed by atoms with Crippen LogP contribution >= 0.6 is 0 Å². The van der Waals surface area contributed by atoms with Crippen LogP contribution in [0.1, 0.15) is 45.4 Å². The van der Waals surface area contributed by atoms with E-state index in [0.717, 1.165) is 32.1 Å². The summed E-state index contributed by atoms with van der Waals surface area (Å²) in [6.45, 7) is 2.40. The normalized spacial score (nSPS) is 35.8. The van der Waals surface area contributed by atoms with E-state index in [4.69, 9.17) is 0 Å². The highest BCUT2D eigenvalue weighted by Crippen LogP contribution is 2.31. The zero-order valence-electron chi connectivity index (χ0n) is 8.58. The van der Waals surface area contributed by atoms with Crippen LogP contribution in [0.3, 0.4) is 0 Å². The van der Waals surface area contributed by atoms with Crippen LogP contribution in [0.15, 0.2) is 0 Å². The van der Waals surface area contributed by atoms with Crippen LogP contribution in [-0.2, 0) is 0 Å². The van der Waals surface area contributed by atoms with Gasteiger partial charge in [0.2, 0.25) is 0 Å². The summed E-state index contributed by atoms with van der Waals surface area (Å²) in [4.78, 5) is 0. The monoisotopic (exact) mass is 186 g/mol. The zero-order valence-corrected chi connectivity index (χ0v) is 8.58. The van der Waals surface area contributed by atoms with Gasteiger partial charge in [0.15, 0.2) is 0 Å². The number of aliphatic hydroxyl groups excluding tert-OH is 2. The van der Waals surface area contributed by atoms with Gasteiger partial charge in [-0.3, -0.25) is 0 Å². The van der Waals surface area contributed by atoms with Gasteiger partial charge in [0.05, 0.1) is 6.10 Å². The van der Waals surface area contributed by atoms with Gasteiger partial charge in [-0.1, -0.05) is 26.2 Å². The van der Waals surface area contributed by atoms with Crippen LogP contribution in [0.25, 0.3) is 0 Å². The molecule has 1 aliphatic carbocycles. The van der Waals surface area contributed by atoms with Gasteiger partial charge in [-0.15, -0.1) is 0 Å². The third-order valence-electron chi connectivity index (χ3n) is 3.28. The average molecular weight is 186 g/mol. The molecule has 0 aliphatic heterocycles.